The topological polar surface area (TPSA) is 43.1 Å². The third-order valence-corrected chi connectivity index (χ3v) is 1.94. The van der Waals surface area contributed by atoms with E-state index in [0.717, 1.165) is 5.33 Å². The Morgan fingerprint density at radius 3 is 2.79 bits per heavy atom. The van der Waals surface area contributed by atoms with Gasteiger partial charge >= 0.3 is 0 Å². The van der Waals surface area contributed by atoms with E-state index in [2.05, 4.69) is 27.8 Å². The second-order valence-corrected chi connectivity index (χ2v) is 3.31. The molecule has 0 aliphatic rings. The molecule has 0 radical (unpaired) electrons. The van der Waals surface area contributed by atoms with Crippen molar-refractivity contribution in [3.8, 4) is 11.8 Å². The van der Waals surface area contributed by atoms with Crippen molar-refractivity contribution in [3.63, 3.8) is 0 Å². The fraction of sp³-hybridized carbons (Fsp3) is 0.200. The molecule has 0 spiro atoms. The van der Waals surface area contributed by atoms with Gasteiger partial charge in [0.05, 0.1) is 4.92 Å². The Morgan fingerprint density at radius 2 is 2.14 bits per heavy atom. The summed E-state index contributed by atoms with van der Waals surface area (Å²) in [6.45, 7) is 0. The maximum Gasteiger partial charge on any atom is 0.284 e. The van der Waals surface area contributed by atoms with Crippen LogP contribution in [0.5, 0.6) is 0 Å². The van der Waals surface area contributed by atoms with E-state index in [4.69, 9.17) is 0 Å². The molecule has 0 aliphatic heterocycles. The van der Waals surface area contributed by atoms with Gasteiger partial charge < -0.3 is 0 Å². The molecule has 1 rings (SSSR count). The van der Waals surface area contributed by atoms with Gasteiger partial charge in [-0.15, -0.1) is 0 Å². The lowest BCUT2D eigenvalue weighted by Gasteiger charge is -1.93. The minimum atomic E-state index is -0.419. The highest BCUT2D eigenvalue weighted by molar-refractivity contribution is 9.09. The second-order valence-electron chi connectivity index (χ2n) is 2.52. The van der Waals surface area contributed by atoms with Crippen LogP contribution in [-0.2, 0) is 0 Å². The lowest BCUT2D eigenvalue weighted by atomic mass is 10.2. The van der Waals surface area contributed by atoms with Crippen LogP contribution in [0.2, 0.25) is 0 Å². The number of hydrogen-bond donors (Lipinski definition) is 0. The third kappa shape index (κ3) is 2.86. The van der Waals surface area contributed by atoms with Crippen molar-refractivity contribution in [2.24, 2.45) is 0 Å². The molecule has 0 aliphatic carbocycles. The molecule has 1 aromatic rings. The van der Waals surface area contributed by atoms with Crippen LogP contribution in [0.3, 0.4) is 0 Å². The number of para-hydroxylation sites is 1. The number of benzene rings is 1. The van der Waals surface area contributed by atoms with E-state index in [1.54, 1.807) is 18.2 Å². The summed E-state index contributed by atoms with van der Waals surface area (Å²) < 4.78 is 0. The lowest BCUT2D eigenvalue weighted by molar-refractivity contribution is -0.385. The van der Waals surface area contributed by atoms with Crippen molar-refractivity contribution < 1.29 is 4.92 Å². The number of nitrogens with zero attached hydrogens (tertiary/aromatic N) is 1. The zero-order valence-corrected chi connectivity index (χ0v) is 8.95. The van der Waals surface area contributed by atoms with Crippen molar-refractivity contribution in [3.05, 3.63) is 39.9 Å². The summed E-state index contributed by atoms with van der Waals surface area (Å²) in [4.78, 5) is 10.2. The fourth-order valence-corrected chi connectivity index (χ4v) is 1.14. The number of hydrogen-bond acceptors (Lipinski definition) is 2. The summed E-state index contributed by atoms with van der Waals surface area (Å²) in [5, 5.41) is 11.4. The van der Waals surface area contributed by atoms with Crippen LogP contribution in [0.1, 0.15) is 12.0 Å². The van der Waals surface area contributed by atoms with Crippen LogP contribution >= 0.6 is 15.9 Å². The molecule has 0 aromatic heterocycles. The minimum absolute atomic E-state index is 0.0644. The van der Waals surface area contributed by atoms with Crippen molar-refractivity contribution in [2.45, 2.75) is 6.42 Å². The van der Waals surface area contributed by atoms with Crippen LogP contribution in [0.25, 0.3) is 0 Å². The highest BCUT2D eigenvalue weighted by Gasteiger charge is 2.08. The fourth-order valence-electron chi connectivity index (χ4n) is 0.944. The van der Waals surface area contributed by atoms with Gasteiger partial charge in [-0.3, -0.25) is 10.1 Å². The van der Waals surface area contributed by atoms with Gasteiger partial charge in [-0.05, 0) is 6.07 Å². The summed E-state index contributed by atoms with van der Waals surface area (Å²) in [5.74, 6) is 5.62. The molecule has 72 valence electrons. The van der Waals surface area contributed by atoms with Crippen LogP contribution in [-0.4, -0.2) is 10.3 Å². The molecule has 3 nitrogen and oxygen atoms in total. The van der Waals surface area contributed by atoms with Gasteiger partial charge in [0.2, 0.25) is 0 Å². The molecular weight excluding hydrogens is 246 g/mol. The normalized spacial score (nSPS) is 8.93. The maximum absolute atomic E-state index is 10.6. The van der Waals surface area contributed by atoms with Crippen molar-refractivity contribution in [2.75, 3.05) is 5.33 Å². The second kappa shape index (κ2) is 5.40. The first kappa shape index (κ1) is 10.7. The number of halogens is 1. The van der Waals surface area contributed by atoms with Gasteiger partial charge in [0.15, 0.2) is 0 Å². The lowest BCUT2D eigenvalue weighted by Crippen LogP contribution is -1.91. The van der Waals surface area contributed by atoms with Gasteiger partial charge in [0.1, 0.15) is 5.56 Å². The molecule has 0 bridgehead atoms. The molecule has 4 heteroatoms. The summed E-state index contributed by atoms with van der Waals surface area (Å²) >= 11 is 3.23. The predicted molar refractivity (Wildman–Crippen MR) is 58.4 cm³/mol. The molecule has 14 heavy (non-hydrogen) atoms. The Hall–Kier alpha value is -1.34. The molecule has 0 unspecified atom stereocenters. The van der Waals surface area contributed by atoms with Gasteiger partial charge in [-0.1, -0.05) is 39.9 Å². The van der Waals surface area contributed by atoms with E-state index in [1.165, 1.54) is 6.07 Å². The average Bonchev–Trinajstić information content (AvgIpc) is 2.19. The summed E-state index contributed by atoms with van der Waals surface area (Å²) in [7, 11) is 0. The summed E-state index contributed by atoms with van der Waals surface area (Å²) in [6, 6.07) is 6.48. The predicted octanol–water partition coefficient (Wildman–Crippen LogP) is 2.73. The van der Waals surface area contributed by atoms with Crippen molar-refractivity contribution in [1.29, 1.82) is 0 Å². The van der Waals surface area contributed by atoms with Gasteiger partial charge in [0, 0.05) is 17.8 Å². The number of nitro groups is 1. The van der Waals surface area contributed by atoms with E-state index in [1.807, 2.05) is 0 Å². The first-order chi connectivity index (χ1) is 6.75. The van der Waals surface area contributed by atoms with Crippen molar-refractivity contribution >= 4 is 21.6 Å². The SMILES string of the molecule is O=[N+]([O-])c1ccccc1C#CCCBr. The largest absolute Gasteiger partial charge is 0.284 e. The van der Waals surface area contributed by atoms with Gasteiger partial charge in [-0.25, -0.2) is 0 Å². The van der Waals surface area contributed by atoms with Crippen molar-refractivity contribution in [1.82, 2.24) is 0 Å². The Kier molecular flexibility index (Phi) is 4.14. The molecule has 0 heterocycles. The molecule has 0 fully saturated rings. The maximum atomic E-state index is 10.6. The number of nitro benzene ring substituents is 1. The zero-order valence-electron chi connectivity index (χ0n) is 7.37. The number of rotatable bonds is 2. The third-order valence-electron chi connectivity index (χ3n) is 1.54. The van der Waals surface area contributed by atoms with E-state index < -0.39 is 4.92 Å². The molecule has 0 atom stereocenters. The first-order valence-corrected chi connectivity index (χ1v) is 5.16. The average molecular weight is 254 g/mol. The summed E-state index contributed by atoms with van der Waals surface area (Å²) in [6.07, 6.45) is 0.687. The standard InChI is InChI=1S/C10H8BrNO2/c11-8-4-3-6-9-5-1-2-7-10(9)12(13)14/h1-2,5,7H,4,8H2. The Balaban J connectivity index is 2.97. The first-order valence-electron chi connectivity index (χ1n) is 4.04. The molecule has 0 N–H and O–H groups in total. The molecule has 0 saturated heterocycles. The van der Waals surface area contributed by atoms with E-state index >= 15 is 0 Å². The highest BCUT2D eigenvalue weighted by atomic mass is 79.9. The Morgan fingerprint density at radius 1 is 1.43 bits per heavy atom. The molecule has 0 amide bonds. The van der Waals surface area contributed by atoms with Crippen LogP contribution in [0, 0.1) is 22.0 Å². The van der Waals surface area contributed by atoms with E-state index in [9.17, 15) is 10.1 Å². The molecule has 0 saturated carbocycles. The molecular formula is C10H8BrNO2. The quantitative estimate of drug-likeness (QED) is 0.352. The van der Waals surface area contributed by atoms with E-state index in [0.29, 0.717) is 12.0 Å². The van der Waals surface area contributed by atoms with Crippen LogP contribution in [0.4, 0.5) is 5.69 Å². The van der Waals surface area contributed by atoms with E-state index in [-0.39, 0.29) is 5.69 Å². The zero-order chi connectivity index (χ0) is 10.4. The van der Waals surface area contributed by atoms with Crippen LogP contribution < -0.4 is 0 Å². The smallest absolute Gasteiger partial charge is 0.258 e. The summed E-state index contributed by atoms with van der Waals surface area (Å²) in [5.41, 5.74) is 0.535. The monoisotopic (exact) mass is 253 g/mol. The Bertz CT molecular complexity index is 393. The number of alkyl halides is 1. The van der Waals surface area contributed by atoms with Gasteiger partial charge in [0.25, 0.3) is 5.69 Å². The minimum Gasteiger partial charge on any atom is -0.258 e. The van der Waals surface area contributed by atoms with Gasteiger partial charge in [-0.2, -0.15) is 0 Å². The highest BCUT2D eigenvalue weighted by Crippen LogP contribution is 2.15. The Labute approximate surface area is 90.4 Å². The van der Waals surface area contributed by atoms with Crippen LogP contribution in [0.15, 0.2) is 24.3 Å². The molecule has 1 aromatic carbocycles.